The number of anilines is 1. The summed E-state index contributed by atoms with van der Waals surface area (Å²) in [6.07, 6.45) is 3.59. The number of hydrogen-bond donors (Lipinski definition) is 3. The third-order valence-corrected chi connectivity index (χ3v) is 6.40. The van der Waals surface area contributed by atoms with Crippen LogP contribution in [0.1, 0.15) is 41.6 Å². The molecule has 1 heterocycles. The molecule has 0 radical (unpaired) electrons. The van der Waals surface area contributed by atoms with Crippen molar-refractivity contribution in [1.82, 2.24) is 10.6 Å². The number of carbonyl (C=O) groups excluding carboxylic acids is 2. The van der Waals surface area contributed by atoms with Crippen LogP contribution in [0, 0.1) is 0 Å². The van der Waals surface area contributed by atoms with Crippen LogP contribution in [0.2, 0.25) is 0 Å². The topological polar surface area (TPSA) is 87.5 Å². The van der Waals surface area contributed by atoms with Gasteiger partial charge in [0.1, 0.15) is 0 Å². The fourth-order valence-electron chi connectivity index (χ4n) is 4.70. The maximum Gasteiger partial charge on any atom is 0.322 e. The van der Waals surface area contributed by atoms with Crippen molar-refractivity contribution in [1.29, 1.82) is 0 Å². The molecular formula is C22H26N4O2. The summed E-state index contributed by atoms with van der Waals surface area (Å²) in [5.41, 5.74) is 7.40. The first-order valence-corrected chi connectivity index (χ1v) is 9.72. The minimum absolute atomic E-state index is 0.0736. The van der Waals surface area contributed by atoms with Gasteiger partial charge in [-0.1, -0.05) is 42.5 Å². The van der Waals surface area contributed by atoms with Crippen LogP contribution in [0.25, 0.3) is 0 Å². The van der Waals surface area contributed by atoms with E-state index in [1.165, 1.54) is 5.56 Å². The van der Waals surface area contributed by atoms with Crippen LogP contribution in [0.4, 0.5) is 10.5 Å². The van der Waals surface area contributed by atoms with Crippen molar-refractivity contribution >= 4 is 17.6 Å². The van der Waals surface area contributed by atoms with Gasteiger partial charge < -0.3 is 16.4 Å². The van der Waals surface area contributed by atoms with Gasteiger partial charge in [-0.05, 0) is 50.4 Å². The average Bonchev–Trinajstić information content (AvgIpc) is 3.05. The van der Waals surface area contributed by atoms with Crippen molar-refractivity contribution in [3.63, 3.8) is 0 Å². The highest BCUT2D eigenvalue weighted by Gasteiger charge is 2.49. The summed E-state index contributed by atoms with van der Waals surface area (Å²) in [5, 5.41) is 6.74. The Morgan fingerprint density at radius 1 is 1.04 bits per heavy atom. The van der Waals surface area contributed by atoms with E-state index in [2.05, 4.69) is 34.9 Å². The number of nitrogens with one attached hydrogen (secondary N) is 2. The molecule has 0 aromatic heterocycles. The van der Waals surface area contributed by atoms with Crippen molar-refractivity contribution < 1.29 is 9.59 Å². The summed E-state index contributed by atoms with van der Waals surface area (Å²) < 4.78 is 0. The first kappa shape index (κ1) is 18.5. The third-order valence-electron chi connectivity index (χ3n) is 6.40. The molecule has 2 aromatic rings. The highest BCUT2D eigenvalue weighted by Crippen LogP contribution is 2.43. The zero-order valence-electron chi connectivity index (χ0n) is 16.1. The van der Waals surface area contributed by atoms with Crippen LogP contribution in [-0.2, 0) is 5.54 Å². The number of nitrogens with zero attached hydrogens (tertiary/aromatic N) is 1. The van der Waals surface area contributed by atoms with Gasteiger partial charge in [0.05, 0.1) is 23.3 Å². The standard InChI is InChI=1S/C22H26N4O2/c1-24-22(16-7-3-2-4-8-16)13-11-21(12-14-22)15-26(20(28)25-21)18-10-6-5-9-17(18)19(23)27/h2-10,24H,11-15H2,1H3,(H2,23,27)(H,25,28). The monoisotopic (exact) mass is 378 g/mol. The second-order valence-electron chi connectivity index (χ2n) is 7.88. The molecule has 6 heteroatoms. The number of primary amides is 1. The lowest BCUT2D eigenvalue weighted by Crippen LogP contribution is -2.53. The van der Waals surface area contributed by atoms with Crippen molar-refractivity contribution in [2.75, 3.05) is 18.5 Å². The Balaban J connectivity index is 1.56. The molecular weight excluding hydrogens is 352 g/mol. The molecule has 1 saturated heterocycles. The van der Waals surface area contributed by atoms with E-state index in [9.17, 15) is 9.59 Å². The molecule has 1 saturated carbocycles. The maximum atomic E-state index is 12.8. The molecule has 1 aliphatic heterocycles. The van der Waals surface area contributed by atoms with E-state index < -0.39 is 5.91 Å². The number of benzene rings is 2. The van der Waals surface area contributed by atoms with Crippen molar-refractivity contribution in [3.8, 4) is 0 Å². The molecule has 0 unspecified atom stereocenters. The van der Waals surface area contributed by atoms with Crippen molar-refractivity contribution in [2.24, 2.45) is 5.73 Å². The fourth-order valence-corrected chi connectivity index (χ4v) is 4.70. The number of carbonyl (C=O) groups is 2. The summed E-state index contributed by atoms with van der Waals surface area (Å²) in [5.74, 6) is -0.522. The van der Waals surface area contributed by atoms with Gasteiger partial charge in [-0.2, -0.15) is 0 Å². The van der Waals surface area contributed by atoms with Crippen LogP contribution < -0.4 is 21.3 Å². The van der Waals surface area contributed by atoms with E-state index in [4.69, 9.17) is 5.73 Å². The van der Waals surface area contributed by atoms with E-state index in [1.807, 2.05) is 19.2 Å². The van der Waals surface area contributed by atoms with Crippen LogP contribution in [-0.4, -0.2) is 31.1 Å². The largest absolute Gasteiger partial charge is 0.366 e. The van der Waals surface area contributed by atoms with Gasteiger partial charge in [-0.25, -0.2) is 4.79 Å². The lowest BCUT2D eigenvalue weighted by atomic mass is 9.69. The first-order valence-electron chi connectivity index (χ1n) is 9.72. The van der Waals surface area contributed by atoms with Gasteiger partial charge >= 0.3 is 6.03 Å². The van der Waals surface area contributed by atoms with E-state index in [1.54, 1.807) is 23.1 Å². The quantitative estimate of drug-likeness (QED) is 0.764. The minimum atomic E-state index is -0.522. The predicted molar refractivity (Wildman–Crippen MR) is 109 cm³/mol. The molecule has 3 amide bonds. The van der Waals surface area contributed by atoms with Gasteiger partial charge in [0.15, 0.2) is 0 Å². The zero-order valence-corrected chi connectivity index (χ0v) is 16.1. The lowest BCUT2D eigenvalue weighted by molar-refractivity contribution is 0.100. The summed E-state index contributed by atoms with van der Waals surface area (Å²) in [7, 11) is 2.01. The Morgan fingerprint density at radius 3 is 2.32 bits per heavy atom. The Labute approximate surface area is 165 Å². The SMILES string of the molecule is CNC1(c2ccccc2)CCC2(CC1)CN(c1ccccc1C(N)=O)C(=O)N2. The lowest BCUT2D eigenvalue weighted by Gasteiger charge is -2.45. The zero-order chi connectivity index (χ0) is 19.8. The molecule has 0 bridgehead atoms. The molecule has 4 N–H and O–H groups in total. The molecule has 6 nitrogen and oxygen atoms in total. The van der Waals surface area contributed by atoms with Crippen molar-refractivity contribution in [2.45, 2.75) is 36.8 Å². The molecule has 28 heavy (non-hydrogen) atoms. The van der Waals surface area contributed by atoms with Crippen LogP contribution in [0.3, 0.4) is 0 Å². The van der Waals surface area contributed by atoms with E-state index in [-0.39, 0.29) is 17.1 Å². The van der Waals surface area contributed by atoms with Gasteiger partial charge in [0.2, 0.25) is 0 Å². The minimum Gasteiger partial charge on any atom is -0.366 e. The van der Waals surface area contributed by atoms with Gasteiger partial charge in [-0.15, -0.1) is 0 Å². The van der Waals surface area contributed by atoms with Gasteiger partial charge in [0, 0.05) is 5.54 Å². The van der Waals surface area contributed by atoms with Crippen molar-refractivity contribution in [3.05, 3.63) is 65.7 Å². The summed E-state index contributed by atoms with van der Waals surface area (Å²) >= 11 is 0. The Morgan fingerprint density at radius 2 is 1.68 bits per heavy atom. The summed E-state index contributed by atoms with van der Waals surface area (Å²) in [6.45, 7) is 0.546. The fraction of sp³-hybridized carbons (Fsp3) is 0.364. The molecule has 2 aliphatic rings. The van der Waals surface area contributed by atoms with E-state index >= 15 is 0 Å². The molecule has 1 spiro atoms. The summed E-state index contributed by atoms with van der Waals surface area (Å²) in [4.78, 5) is 26.2. The number of amides is 3. The molecule has 1 aliphatic carbocycles. The van der Waals surface area contributed by atoms with Crippen LogP contribution >= 0.6 is 0 Å². The first-order chi connectivity index (χ1) is 13.5. The number of nitrogens with two attached hydrogens (primary N) is 1. The molecule has 146 valence electrons. The van der Waals surface area contributed by atoms with Gasteiger partial charge in [-0.3, -0.25) is 9.69 Å². The van der Waals surface area contributed by atoms with Crippen LogP contribution in [0.5, 0.6) is 0 Å². The maximum absolute atomic E-state index is 12.8. The Kier molecular flexibility index (Phi) is 4.59. The normalized spacial score (nSPS) is 27.0. The number of para-hydroxylation sites is 1. The number of rotatable bonds is 4. The molecule has 0 atom stereocenters. The molecule has 2 fully saturated rings. The number of urea groups is 1. The smallest absolute Gasteiger partial charge is 0.322 e. The third kappa shape index (κ3) is 3.03. The second-order valence-corrected chi connectivity index (χ2v) is 7.88. The second kappa shape index (κ2) is 6.95. The number of hydrogen-bond acceptors (Lipinski definition) is 3. The highest BCUT2D eigenvalue weighted by molar-refractivity contribution is 6.04. The predicted octanol–water partition coefficient (Wildman–Crippen LogP) is 2.74. The van der Waals surface area contributed by atoms with Gasteiger partial charge in [0.25, 0.3) is 5.91 Å². The van der Waals surface area contributed by atoms with Crippen LogP contribution in [0.15, 0.2) is 54.6 Å². The molecule has 4 rings (SSSR count). The highest BCUT2D eigenvalue weighted by atomic mass is 16.2. The van der Waals surface area contributed by atoms with E-state index in [0.717, 1.165) is 25.7 Å². The average molecular weight is 378 g/mol. The molecule has 2 aromatic carbocycles. The Bertz CT molecular complexity index is 888. The summed E-state index contributed by atoms with van der Waals surface area (Å²) in [6, 6.07) is 17.4. The Hall–Kier alpha value is -2.86. The van der Waals surface area contributed by atoms with E-state index in [0.29, 0.717) is 17.8 Å².